The van der Waals surface area contributed by atoms with Crippen LogP contribution in [0.3, 0.4) is 0 Å². The molecule has 0 aromatic rings. The lowest BCUT2D eigenvalue weighted by molar-refractivity contribution is -0.161. The van der Waals surface area contributed by atoms with Gasteiger partial charge in [0.1, 0.15) is 19.3 Å². The van der Waals surface area contributed by atoms with Gasteiger partial charge in [-0.25, -0.2) is 9.13 Å². The van der Waals surface area contributed by atoms with E-state index >= 15 is 0 Å². The molecule has 0 aromatic carbocycles. The molecule has 17 nitrogen and oxygen atoms in total. The minimum Gasteiger partial charge on any atom is -0.462 e. The molecule has 0 radical (unpaired) electrons. The lowest BCUT2D eigenvalue weighted by Crippen LogP contribution is -2.30. The molecule has 0 aliphatic rings. The van der Waals surface area contributed by atoms with Crippen molar-refractivity contribution in [3.8, 4) is 0 Å². The predicted octanol–water partition coefficient (Wildman–Crippen LogP) is 21.1. The van der Waals surface area contributed by atoms with E-state index in [1.165, 1.54) is 128 Å². The van der Waals surface area contributed by atoms with Crippen LogP contribution in [0.25, 0.3) is 0 Å². The van der Waals surface area contributed by atoms with Gasteiger partial charge in [0.2, 0.25) is 0 Å². The molecule has 0 aromatic heterocycles. The van der Waals surface area contributed by atoms with Crippen molar-refractivity contribution in [3.05, 3.63) is 60.8 Å². The minimum absolute atomic E-state index is 0.0917. The number of hydrogen-bond acceptors (Lipinski definition) is 15. The summed E-state index contributed by atoms with van der Waals surface area (Å²) in [7, 11) is -9.94. The molecule has 3 N–H and O–H groups in total. The smallest absolute Gasteiger partial charge is 0.462 e. The number of unbranched alkanes of at least 4 members (excludes halogenated alkanes) is 35. The second-order valence-electron chi connectivity index (χ2n) is 25.2. The number of esters is 4. The van der Waals surface area contributed by atoms with Gasteiger partial charge < -0.3 is 33.8 Å². The summed E-state index contributed by atoms with van der Waals surface area (Å²) in [5.74, 6) is -2.20. The number of hydrogen-bond donors (Lipinski definition) is 3. The van der Waals surface area contributed by atoms with Crippen LogP contribution in [0.15, 0.2) is 60.8 Å². The SMILES string of the molecule is CC/C=C\C/C=C\C/C=C\C/C=C\CCCCC(=O)OCC(COP(=O)(O)OCC(O)COP(=O)(O)OCC(COC(=O)CCCCCCC/C=C\CCCCCCCC)OC(=O)CCCCCCCCCCCCC)OC(=O)CCCCCCCCCCCCCCC. The van der Waals surface area contributed by atoms with Crippen LogP contribution in [-0.4, -0.2) is 96.7 Å². The number of phosphoric ester groups is 2. The fraction of sp³-hybridized carbons (Fsp3) is 0.813. The zero-order valence-electron chi connectivity index (χ0n) is 59.6. The molecule has 0 aliphatic carbocycles. The first-order valence-electron chi connectivity index (χ1n) is 37.5. The normalized spacial score (nSPS) is 14.3. The average molecular weight is 1370 g/mol. The molecule has 0 amide bonds. The van der Waals surface area contributed by atoms with E-state index in [1.54, 1.807) is 0 Å². The molecule has 548 valence electrons. The summed E-state index contributed by atoms with van der Waals surface area (Å²) in [5.41, 5.74) is 0. The van der Waals surface area contributed by atoms with E-state index in [2.05, 4.69) is 88.5 Å². The van der Waals surface area contributed by atoms with Gasteiger partial charge >= 0.3 is 39.5 Å². The van der Waals surface area contributed by atoms with Gasteiger partial charge in [0.05, 0.1) is 26.4 Å². The van der Waals surface area contributed by atoms with Gasteiger partial charge in [-0.2, -0.15) is 0 Å². The highest BCUT2D eigenvalue weighted by atomic mass is 31.2. The summed E-state index contributed by atoms with van der Waals surface area (Å²) in [4.78, 5) is 72.7. The molecule has 5 unspecified atom stereocenters. The van der Waals surface area contributed by atoms with Gasteiger partial charge in [0.15, 0.2) is 12.2 Å². The quantitative estimate of drug-likeness (QED) is 0.0169. The van der Waals surface area contributed by atoms with Crippen molar-refractivity contribution < 1.29 is 80.2 Å². The van der Waals surface area contributed by atoms with Crippen LogP contribution in [0.4, 0.5) is 0 Å². The van der Waals surface area contributed by atoms with Gasteiger partial charge in [-0.3, -0.25) is 37.3 Å². The lowest BCUT2D eigenvalue weighted by atomic mass is 10.0. The van der Waals surface area contributed by atoms with E-state index in [1.807, 2.05) is 0 Å². The molecule has 19 heteroatoms. The Hall–Kier alpha value is -3.24. The van der Waals surface area contributed by atoms with E-state index < -0.39 is 97.5 Å². The molecule has 0 saturated heterocycles. The molecular formula is C75H136O17P2. The monoisotopic (exact) mass is 1370 g/mol. The number of carbonyl (C=O) groups is 4. The summed E-state index contributed by atoms with van der Waals surface area (Å²) in [6.45, 7) is 4.73. The third kappa shape index (κ3) is 67.3. The van der Waals surface area contributed by atoms with Crippen molar-refractivity contribution in [3.63, 3.8) is 0 Å². The molecule has 0 bridgehead atoms. The van der Waals surface area contributed by atoms with Crippen LogP contribution in [0, 0.1) is 0 Å². The van der Waals surface area contributed by atoms with Crippen LogP contribution in [0.1, 0.15) is 336 Å². The largest absolute Gasteiger partial charge is 0.472 e. The zero-order chi connectivity index (χ0) is 69.0. The highest BCUT2D eigenvalue weighted by Crippen LogP contribution is 2.45. The molecule has 0 heterocycles. The highest BCUT2D eigenvalue weighted by molar-refractivity contribution is 7.47. The summed E-state index contributed by atoms with van der Waals surface area (Å²) in [6.07, 6.45) is 65.1. The first-order valence-corrected chi connectivity index (χ1v) is 40.5. The van der Waals surface area contributed by atoms with Gasteiger partial charge in [-0.1, -0.05) is 281 Å². The highest BCUT2D eigenvalue weighted by Gasteiger charge is 2.30. The minimum atomic E-state index is -4.97. The van der Waals surface area contributed by atoms with Gasteiger partial charge in [0, 0.05) is 25.7 Å². The lowest BCUT2D eigenvalue weighted by Gasteiger charge is -2.21. The molecule has 0 aliphatic heterocycles. The summed E-state index contributed by atoms with van der Waals surface area (Å²) in [5, 5.41) is 10.6. The van der Waals surface area contributed by atoms with E-state index in [-0.39, 0.29) is 25.7 Å². The Kier molecular flexibility index (Phi) is 65.9. The molecular weight excluding hydrogens is 1230 g/mol. The van der Waals surface area contributed by atoms with E-state index in [0.717, 1.165) is 128 Å². The van der Waals surface area contributed by atoms with Crippen LogP contribution in [0.2, 0.25) is 0 Å². The summed E-state index contributed by atoms with van der Waals surface area (Å²) >= 11 is 0. The second kappa shape index (κ2) is 68.3. The van der Waals surface area contributed by atoms with Crippen LogP contribution in [0.5, 0.6) is 0 Å². The van der Waals surface area contributed by atoms with E-state index in [0.29, 0.717) is 25.7 Å². The second-order valence-corrected chi connectivity index (χ2v) is 28.1. The Morgan fingerprint density at radius 2 is 0.553 bits per heavy atom. The van der Waals surface area contributed by atoms with Crippen molar-refractivity contribution in [1.29, 1.82) is 0 Å². The third-order valence-electron chi connectivity index (χ3n) is 16.0. The van der Waals surface area contributed by atoms with Crippen LogP contribution in [-0.2, 0) is 65.4 Å². The maximum absolute atomic E-state index is 13.0. The standard InChI is InChI=1S/C75H136O17P2/c1-5-9-13-17-21-25-29-32-34-37-40-43-47-51-55-59-72(77)85-65-70(91-74(79)61-57-53-49-45-39-28-24-20-16-12-8-4)67-89-93(81,82)87-63-69(76)64-88-94(83,84)90-68-71(92-75(80)62-58-54-50-46-42-36-31-27-23-19-15-11-7-3)66-86-73(78)60-56-52-48-44-41-38-35-33-30-26-22-18-14-10-6-2/h10,14,22,26,32-35,41,44,69-71,76H,5-9,11-13,15-21,23-25,27-31,36-40,42-43,45-68H2,1-4H3,(H,81,82)(H,83,84)/b14-10-,26-22-,34-32-,35-33-,44-41-. The average Bonchev–Trinajstić information content (AvgIpc) is 1.55. The molecule has 0 saturated carbocycles. The topological polar surface area (TPSA) is 237 Å². The molecule has 0 spiro atoms. The molecule has 94 heavy (non-hydrogen) atoms. The van der Waals surface area contributed by atoms with E-state index in [9.17, 15) is 43.2 Å². The van der Waals surface area contributed by atoms with Crippen LogP contribution < -0.4 is 0 Å². The number of aliphatic hydroxyl groups excluding tert-OH is 1. The molecule has 0 fully saturated rings. The van der Waals surface area contributed by atoms with Gasteiger partial charge in [0.25, 0.3) is 0 Å². The van der Waals surface area contributed by atoms with Crippen LogP contribution >= 0.6 is 15.6 Å². The molecule has 5 atom stereocenters. The number of carbonyl (C=O) groups excluding carboxylic acids is 4. The van der Waals surface area contributed by atoms with Crippen molar-refractivity contribution >= 4 is 39.5 Å². The number of phosphoric acid groups is 2. The Morgan fingerprint density at radius 1 is 0.309 bits per heavy atom. The fourth-order valence-electron chi connectivity index (χ4n) is 10.3. The Bertz CT molecular complexity index is 2030. The van der Waals surface area contributed by atoms with Crippen molar-refractivity contribution in [2.75, 3.05) is 39.6 Å². The number of ether oxygens (including phenoxy) is 4. The maximum Gasteiger partial charge on any atom is 0.472 e. The first-order chi connectivity index (χ1) is 45.7. The Balaban J connectivity index is 5.32. The Morgan fingerprint density at radius 3 is 0.883 bits per heavy atom. The van der Waals surface area contributed by atoms with E-state index in [4.69, 9.17) is 37.0 Å². The molecule has 0 rings (SSSR count). The maximum atomic E-state index is 13.0. The fourth-order valence-corrected chi connectivity index (χ4v) is 11.8. The number of allylic oxidation sites excluding steroid dienone is 10. The number of rotatable bonds is 71. The van der Waals surface area contributed by atoms with Crippen molar-refractivity contribution in [2.24, 2.45) is 0 Å². The van der Waals surface area contributed by atoms with Gasteiger partial charge in [-0.05, 0) is 89.9 Å². The number of aliphatic hydroxyl groups is 1. The summed E-state index contributed by atoms with van der Waals surface area (Å²) < 4.78 is 68.3. The summed E-state index contributed by atoms with van der Waals surface area (Å²) in [6, 6.07) is 0. The predicted molar refractivity (Wildman–Crippen MR) is 381 cm³/mol. The third-order valence-corrected chi connectivity index (χ3v) is 17.9. The van der Waals surface area contributed by atoms with Crippen molar-refractivity contribution in [1.82, 2.24) is 0 Å². The van der Waals surface area contributed by atoms with Gasteiger partial charge in [-0.15, -0.1) is 0 Å². The zero-order valence-corrected chi connectivity index (χ0v) is 61.4. The first kappa shape index (κ1) is 90.8. The Labute approximate surface area is 571 Å². The van der Waals surface area contributed by atoms with Crippen molar-refractivity contribution in [2.45, 2.75) is 354 Å².